The number of rotatable bonds is 3. The maximum absolute atomic E-state index is 11.9. The lowest BCUT2D eigenvalue weighted by Gasteiger charge is -2.12. The van der Waals surface area contributed by atoms with Gasteiger partial charge in [-0.1, -0.05) is 35.9 Å². The van der Waals surface area contributed by atoms with Gasteiger partial charge >= 0.3 is 5.97 Å². The monoisotopic (exact) mass is 264 g/mol. The van der Waals surface area contributed by atoms with Gasteiger partial charge in [0, 0.05) is 5.39 Å². The standard InChI is InChI=1S/C14H13ClO3/c1-3-18-14(16)11-8-9-6-4-5-7-10(9)12(15)13(11)17-2/h4-8H,3H2,1-2H3. The van der Waals surface area contributed by atoms with E-state index in [0.717, 1.165) is 10.8 Å². The molecule has 0 fully saturated rings. The largest absolute Gasteiger partial charge is 0.494 e. The molecule has 0 aliphatic carbocycles. The highest BCUT2D eigenvalue weighted by Gasteiger charge is 2.18. The Labute approximate surface area is 110 Å². The van der Waals surface area contributed by atoms with Crippen LogP contribution in [-0.4, -0.2) is 19.7 Å². The molecular weight excluding hydrogens is 252 g/mol. The predicted octanol–water partition coefficient (Wildman–Crippen LogP) is 3.68. The number of ether oxygens (including phenoxy) is 2. The number of methoxy groups -OCH3 is 1. The van der Waals surface area contributed by atoms with Crippen LogP contribution >= 0.6 is 11.6 Å². The molecule has 0 saturated carbocycles. The Kier molecular flexibility index (Phi) is 3.72. The molecule has 0 radical (unpaired) electrons. The summed E-state index contributed by atoms with van der Waals surface area (Å²) in [4.78, 5) is 11.9. The van der Waals surface area contributed by atoms with Crippen LogP contribution in [0.15, 0.2) is 30.3 Å². The fraction of sp³-hybridized carbons (Fsp3) is 0.214. The molecule has 18 heavy (non-hydrogen) atoms. The van der Waals surface area contributed by atoms with Crippen molar-refractivity contribution in [1.29, 1.82) is 0 Å². The van der Waals surface area contributed by atoms with Crippen LogP contribution in [0.5, 0.6) is 5.75 Å². The van der Waals surface area contributed by atoms with Crippen molar-refractivity contribution in [1.82, 2.24) is 0 Å². The van der Waals surface area contributed by atoms with E-state index < -0.39 is 5.97 Å². The molecule has 0 heterocycles. The number of benzene rings is 2. The normalized spacial score (nSPS) is 10.4. The first-order valence-corrected chi connectivity index (χ1v) is 5.99. The average molecular weight is 265 g/mol. The van der Waals surface area contributed by atoms with E-state index in [1.165, 1.54) is 7.11 Å². The zero-order valence-corrected chi connectivity index (χ0v) is 11.0. The minimum atomic E-state index is -0.429. The number of esters is 1. The van der Waals surface area contributed by atoms with E-state index in [2.05, 4.69) is 0 Å². The average Bonchev–Trinajstić information content (AvgIpc) is 2.39. The van der Waals surface area contributed by atoms with E-state index in [0.29, 0.717) is 22.9 Å². The van der Waals surface area contributed by atoms with Gasteiger partial charge in [-0.3, -0.25) is 0 Å². The molecule has 0 aliphatic rings. The van der Waals surface area contributed by atoms with Crippen LogP contribution in [-0.2, 0) is 4.74 Å². The van der Waals surface area contributed by atoms with Crippen molar-refractivity contribution in [2.75, 3.05) is 13.7 Å². The summed E-state index contributed by atoms with van der Waals surface area (Å²) in [5.74, 6) is -0.0733. The molecule has 0 aromatic heterocycles. The van der Waals surface area contributed by atoms with E-state index >= 15 is 0 Å². The summed E-state index contributed by atoms with van der Waals surface area (Å²) in [5.41, 5.74) is 0.350. The summed E-state index contributed by atoms with van der Waals surface area (Å²) in [6.07, 6.45) is 0. The zero-order chi connectivity index (χ0) is 13.1. The lowest BCUT2D eigenvalue weighted by atomic mass is 10.1. The Balaban J connectivity index is 2.68. The van der Waals surface area contributed by atoms with Crippen molar-refractivity contribution in [2.24, 2.45) is 0 Å². The highest BCUT2D eigenvalue weighted by molar-refractivity contribution is 6.37. The van der Waals surface area contributed by atoms with Gasteiger partial charge in [0.2, 0.25) is 0 Å². The van der Waals surface area contributed by atoms with Crippen LogP contribution in [0.3, 0.4) is 0 Å². The summed E-state index contributed by atoms with van der Waals surface area (Å²) in [6, 6.07) is 9.29. The number of carbonyl (C=O) groups is 1. The lowest BCUT2D eigenvalue weighted by molar-refractivity contribution is 0.0523. The summed E-state index contributed by atoms with van der Waals surface area (Å²) >= 11 is 6.26. The van der Waals surface area contributed by atoms with Crippen LogP contribution in [0.25, 0.3) is 10.8 Å². The second kappa shape index (κ2) is 5.27. The van der Waals surface area contributed by atoms with Crippen molar-refractivity contribution in [3.63, 3.8) is 0 Å². The summed E-state index contributed by atoms with van der Waals surface area (Å²) in [5, 5.41) is 2.16. The summed E-state index contributed by atoms with van der Waals surface area (Å²) in [6.45, 7) is 2.07. The maximum Gasteiger partial charge on any atom is 0.341 e. The van der Waals surface area contributed by atoms with Gasteiger partial charge in [0.05, 0.1) is 18.7 Å². The second-order valence-corrected chi connectivity index (χ2v) is 4.09. The van der Waals surface area contributed by atoms with E-state index in [-0.39, 0.29) is 0 Å². The number of hydrogen-bond acceptors (Lipinski definition) is 3. The van der Waals surface area contributed by atoms with Crippen molar-refractivity contribution < 1.29 is 14.3 Å². The first kappa shape index (κ1) is 12.7. The van der Waals surface area contributed by atoms with Crippen LogP contribution in [0.4, 0.5) is 0 Å². The minimum Gasteiger partial charge on any atom is -0.494 e. The Morgan fingerprint density at radius 3 is 2.72 bits per heavy atom. The van der Waals surface area contributed by atoms with Crippen LogP contribution in [0.2, 0.25) is 5.02 Å². The van der Waals surface area contributed by atoms with E-state index in [1.54, 1.807) is 13.0 Å². The van der Waals surface area contributed by atoms with Gasteiger partial charge in [-0.15, -0.1) is 0 Å². The molecule has 0 aliphatic heterocycles. The van der Waals surface area contributed by atoms with Crippen LogP contribution < -0.4 is 4.74 Å². The Hall–Kier alpha value is -1.74. The number of halogens is 1. The Morgan fingerprint density at radius 1 is 1.33 bits per heavy atom. The fourth-order valence-electron chi connectivity index (χ4n) is 1.84. The van der Waals surface area contributed by atoms with Gasteiger partial charge in [0.15, 0.2) is 5.75 Å². The first-order chi connectivity index (χ1) is 8.69. The molecule has 0 amide bonds. The molecule has 0 spiro atoms. The Morgan fingerprint density at radius 2 is 2.06 bits per heavy atom. The van der Waals surface area contributed by atoms with Crippen molar-refractivity contribution >= 4 is 28.3 Å². The minimum absolute atomic E-state index is 0.312. The second-order valence-electron chi connectivity index (χ2n) is 3.71. The number of fused-ring (bicyclic) bond motifs is 1. The third-order valence-electron chi connectivity index (χ3n) is 2.64. The number of carbonyl (C=O) groups excluding carboxylic acids is 1. The molecule has 0 bridgehead atoms. The maximum atomic E-state index is 11.9. The third-order valence-corrected chi connectivity index (χ3v) is 3.02. The molecule has 0 N–H and O–H groups in total. The van der Waals surface area contributed by atoms with Gasteiger partial charge in [-0.25, -0.2) is 4.79 Å². The third kappa shape index (κ3) is 2.14. The molecule has 94 valence electrons. The topological polar surface area (TPSA) is 35.5 Å². The first-order valence-electron chi connectivity index (χ1n) is 5.61. The van der Waals surface area contributed by atoms with Gasteiger partial charge in [-0.05, 0) is 18.4 Å². The fourth-order valence-corrected chi connectivity index (χ4v) is 2.20. The van der Waals surface area contributed by atoms with Gasteiger partial charge in [0.1, 0.15) is 5.56 Å². The molecule has 0 unspecified atom stereocenters. The van der Waals surface area contributed by atoms with E-state index in [4.69, 9.17) is 21.1 Å². The lowest BCUT2D eigenvalue weighted by Crippen LogP contribution is -2.07. The summed E-state index contributed by atoms with van der Waals surface area (Å²) in [7, 11) is 1.48. The van der Waals surface area contributed by atoms with E-state index in [9.17, 15) is 4.79 Å². The quantitative estimate of drug-likeness (QED) is 0.794. The molecule has 4 heteroatoms. The molecule has 0 saturated heterocycles. The predicted molar refractivity (Wildman–Crippen MR) is 71.5 cm³/mol. The highest BCUT2D eigenvalue weighted by Crippen LogP contribution is 2.36. The van der Waals surface area contributed by atoms with Crippen molar-refractivity contribution in [2.45, 2.75) is 6.92 Å². The highest BCUT2D eigenvalue weighted by atomic mass is 35.5. The molecule has 2 aromatic rings. The summed E-state index contributed by atoms with van der Waals surface area (Å²) < 4.78 is 10.2. The van der Waals surface area contributed by atoms with E-state index in [1.807, 2.05) is 24.3 Å². The Bertz CT molecular complexity index is 593. The SMILES string of the molecule is CCOC(=O)c1cc2ccccc2c(Cl)c1OC. The molecule has 0 atom stereocenters. The van der Waals surface area contributed by atoms with Crippen LogP contribution in [0, 0.1) is 0 Å². The van der Waals surface area contributed by atoms with Gasteiger partial charge in [0.25, 0.3) is 0 Å². The number of hydrogen-bond donors (Lipinski definition) is 0. The molecular formula is C14H13ClO3. The van der Waals surface area contributed by atoms with Crippen molar-refractivity contribution in [3.05, 3.63) is 40.9 Å². The smallest absolute Gasteiger partial charge is 0.341 e. The van der Waals surface area contributed by atoms with Gasteiger partial charge in [-0.2, -0.15) is 0 Å². The van der Waals surface area contributed by atoms with Gasteiger partial charge < -0.3 is 9.47 Å². The molecule has 3 nitrogen and oxygen atoms in total. The van der Waals surface area contributed by atoms with Crippen LogP contribution in [0.1, 0.15) is 17.3 Å². The zero-order valence-electron chi connectivity index (χ0n) is 10.2. The molecule has 2 rings (SSSR count). The van der Waals surface area contributed by atoms with Crippen molar-refractivity contribution in [3.8, 4) is 5.75 Å². The molecule has 2 aromatic carbocycles.